The monoisotopic (exact) mass is 396 g/mol. The minimum atomic E-state index is -0.340. The number of rotatable bonds is 8. The summed E-state index contributed by atoms with van der Waals surface area (Å²) in [5.74, 6) is 1.04. The van der Waals surface area contributed by atoms with E-state index in [0.29, 0.717) is 25.4 Å². The first-order valence-electron chi connectivity index (χ1n) is 9.97. The van der Waals surface area contributed by atoms with E-state index in [1.54, 1.807) is 12.0 Å². The lowest BCUT2D eigenvalue weighted by molar-refractivity contribution is -0.126. The molecule has 2 aromatic rings. The zero-order valence-corrected chi connectivity index (χ0v) is 17.2. The van der Waals surface area contributed by atoms with E-state index < -0.39 is 0 Å². The lowest BCUT2D eigenvalue weighted by atomic mass is 10.0. The molecular formula is C23H28N2O4. The molecule has 1 fully saturated rings. The number of carbonyl (C=O) groups excluding carboxylic acids is 2. The van der Waals surface area contributed by atoms with Crippen molar-refractivity contribution in [1.82, 2.24) is 5.32 Å². The van der Waals surface area contributed by atoms with Crippen molar-refractivity contribution < 1.29 is 19.1 Å². The molecule has 0 aliphatic carbocycles. The van der Waals surface area contributed by atoms with Crippen molar-refractivity contribution in [3.63, 3.8) is 0 Å². The predicted octanol–water partition coefficient (Wildman–Crippen LogP) is 3.11. The van der Waals surface area contributed by atoms with Gasteiger partial charge in [-0.05, 0) is 48.7 Å². The Balaban J connectivity index is 1.51. The molecule has 2 amide bonds. The zero-order valence-electron chi connectivity index (χ0n) is 17.2. The molecule has 29 heavy (non-hydrogen) atoms. The molecule has 3 rings (SSSR count). The van der Waals surface area contributed by atoms with Gasteiger partial charge in [0.25, 0.3) is 0 Å². The summed E-state index contributed by atoms with van der Waals surface area (Å²) < 4.78 is 10.7. The number of hydrogen-bond donors (Lipinski definition) is 1. The number of para-hydroxylation sites is 1. The first kappa shape index (κ1) is 20.7. The molecule has 0 saturated carbocycles. The van der Waals surface area contributed by atoms with Gasteiger partial charge in [0.2, 0.25) is 11.8 Å². The van der Waals surface area contributed by atoms with Crippen LogP contribution in [0.25, 0.3) is 0 Å². The van der Waals surface area contributed by atoms with E-state index in [4.69, 9.17) is 9.47 Å². The quantitative estimate of drug-likeness (QED) is 0.696. The number of nitrogens with one attached hydrogen (secondary N) is 1. The van der Waals surface area contributed by atoms with Gasteiger partial charge in [0.1, 0.15) is 18.1 Å². The lowest BCUT2D eigenvalue weighted by Gasteiger charge is -2.22. The lowest BCUT2D eigenvalue weighted by Crippen LogP contribution is -2.35. The fourth-order valence-electron chi connectivity index (χ4n) is 3.65. The van der Waals surface area contributed by atoms with Gasteiger partial charge < -0.3 is 19.7 Å². The van der Waals surface area contributed by atoms with Crippen LogP contribution in [-0.2, 0) is 16.0 Å². The molecule has 6 heteroatoms. The second-order valence-corrected chi connectivity index (χ2v) is 7.16. The van der Waals surface area contributed by atoms with Crippen molar-refractivity contribution in [2.24, 2.45) is 5.92 Å². The van der Waals surface area contributed by atoms with Crippen LogP contribution in [0.5, 0.6) is 11.5 Å². The largest absolute Gasteiger partial charge is 0.497 e. The van der Waals surface area contributed by atoms with E-state index in [1.165, 1.54) is 0 Å². The molecular weight excluding hydrogens is 368 g/mol. The first-order valence-corrected chi connectivity index (χ1v) is 9.97. The van der Waals surface area contributed by atoms with Gasteiger partial charge in [0, 0.05) is 18.7 Å². The van der Waals surface area contributed by atoms with Gasteiger partial charge in [-0.2, -0.15) is 0 Å². The maximum Gasteiger partial charge on any atom is 0.227 e. The molecule has 1 aliphatic heterocycles. The summed E-state index contributed by atoms with van der Waals surface area (Å²) in [7, 11) is 1.61. The van der Waals surface area contributed by atoms with Crippen molar-refractivity contribution in [2.45, 2.75) is 26.7 Å². The maximum absolute atomic E-state index is 12.6. The summed E-state index contributed by atoms with van der Waals surface area (Å²) in [5.41, 5.74) is 3.15. The Morgan fingerprint density at radius 2 is 1.90 bits per heavy atom. The van der Waals surface area contributed by atoms with E-state index in [2.05, 4.69) is 12.2 Å². The number of anilines is 1. The number of ether oxygens (including phenoxy) is 2. The van der Waals surface area contributed by atoms with Crippen LogP contribution >= 0.6 is 0 Å². The third-order valence-electron chi connectivity index (χ3n) is 5.20. The minimum absolute atomic E-state index is 0.00336. The number of nitrogens with zero attached hydrogens (tertiary/aromatic N) is 1. The molecule has 0 aromatic heterocycles. The van der Waals surface area contributed by atoms with E-state index in [9.17, 15) is 9.59 Å². The number of benzene rings is 2. The number of methoxy groups -OCH3 is 1. The molecule has 0 spiro atoms. The molecule has 1 unspecified atom stereocenters. The highest BCUT2D eigenvalue weighted by atomic mass is 16.5. The summed E-state index contributed by atoms with van der Waals surface area (Å²) in [4.78, 5) is 26.9. The Hall–Kier alpha value is -3.02. The second-order valence-electron chi connectivity index (χ2n) is 7.16. The highest BCUT2D eigenvalue weighted by Crippen LogP contribution is 2.31. The van der Waals surface area contributed by atoms with Gasteiger partial charge in [0.15, 0.2) is 0 Å². The number of aryl methyl sites for hydroxylation is 2. The molecule has 1 atom stereocenters. The Morgan fingerprint density at radius 3 is 2.59 bits per heavy atom. The van der Waals surface area contributed by atoms with Gasteiger partial charge in [0.05, 0.1) is 19.6 Å². The average molecular weight is 396 g/mol. The fraction of sp³-hybridized carbons (Fsp3) is 0.391. The van der Waals surface area contributed by atoms with E-state index in [-0.39, 0.29) is 24.2 Å². The number of amides is 2. The van der Waals surface area contributed by atoms with Crippen molar-refractivity contribution >= 4 is 17.5 Å². The van der Waals surface area contributed by atoms with Gasteiger partial charge in [-0.3, -0.25) is 9.59 Å². The van der Waals surface area contributed by atoms with Crippen molar-refractivity contribution in [3.05, 3.63) is 53.6 Å². The van der Waals surface area contributed by atoms with E-state index >= 15 is 0 Å². The standard InChI is InChI=1S/C23H28N2O4/c1-4-17-7-5-6-16(2)22(17)25-15-18(14-21(25)26)23(27)24-12-13-29-20-10-8-19(28-3)9-11-20/h5-11,18H,4,12-15H2,1-3H3,(H,24,27). The number of carbonyl (C=O) groups is 2. The summed E-state index contributed by atoms with van der Waals surface area (Å²) in [5, 5.41) is 2.89. The van der Waals surface area contributed by atoms with Crippen LogP contribution in [0.3, 0.4) is 0 Å². The zero-order chi connectivity index (χ0) is 20.8. The topological polar surface area (TPSA) is 67.9 Å². The molecule has 0 bridgehead atoms. The molecule has 1 heterocycles. The molecule has 1 N–H and O–H groups in total. The molecule has 2 aromatic carbocycles. The Kier molecular flexibility index (Phi) is 6.75. The van der Waals surface area contributed by atoms with E-state index in [1.807, 2.05) is 49.4 Å². The van der Waals surface area contributed by atoms with E-state index in [0.717, 1.165) is 29.0 Å². The van der Waals surface area contributed by atoms with Crippen LogP contribution in [0.15, 0.2) is 42.5 Å². The molecule has 1 aliphatic rings. The van der Waals surface area contributed by atoms with Crippen LogP contribution < -0.4 is 19.7 Å². The first-order chi connectivity index (χ1) is 14.0. The minimum Gasteiger partial charge on any atom is -0.497 e. The van der Waals surface area contributed by atoms with Gasteiger partial charge in [-0.1, -0.05) is 25.1 Å². The highest BCUT2D eigenvalue weighted by Gasteiger charge is 2.36. The maximum atomic E-state index is 12.6. The molecule has 0 radical (unpaired) electrons. The summed E-state index contributed by atoms with van der Waals surface area (Å²) in [6.45, 7) is 5.25. The van der Waals surface area contributed by atoms with Gasteiger partial charge >= 0.3 is 0 Å². The highest BCUT2D eigenvalue weighted by molar-refractivity contribution is 6.01. The van der Waals surface area contributed by atoms with Crippen LogP contribution in [0, 0.1) is 12.8 Å². The van der Waals surface area contributed by atoms with Crippen molar-refractivity contribution in [1.29, 1.82) is 0 Å². The van der Waals surface area contributed by atoms with Gasteiger partial charge in [-0.15, -0.1) is 0 Å². The Bertz CT molecular complexity index is 864. The van der Waals surface area contributed by atoms with Crippen molar-refractivity contribution in [3.8, 4) is 11.5 Å². The average Bonchev–Trinajstić information content (AvgIpc) is 3.12. The van der Waals surface area contributed by atoms with Crippen LogP contribution in [0.2, 0.25) is 0 Å². The summed E-state index contributed by atoms with van der Waals surface area (Å²) >= 11 is 0. The van der Waals surface area contributed by atoms with Gasteiger partial charge in [-0.25, -0.2) is 0 Å². The second kappa shape index (κ2) is 9.45. The van der Waals surface area contributed by atoms with Crippen molar-refractivity contribution in [2.75, 3.05) is 31.7 Å². The third-order valence-corrected chi connectivity index (χ3v) is 5.20. The Morgan fingerprint density at radius 1 is 1.17 bits per heavy atom. The summed E-state index contributed by atoms with van der Waals surface area (Å²) in [6, 6.07) is 13.3. The third kappa shape index (κ3) is 4.88. The molecule has 6 nitrogen and oxygen atoms in total. The fourth-order valence-corrected chi connectivity index (χ4v) is 3.65. The molecule has 1 saturated heterocycles. The normalized spacial score (nSPS) is 16.0. The van der Waals surface area contributed by atoms with Crippen LogP contribution in [0.1, 0.15) is 24.5 Å². The predicted molar refractivity (Wildman–Crippen MR) is 113 cm³/mol. The Labute approximate surface area is 171 Å². The SMILES string of the molecule is CCc1cccc(C)c1N1CC(C(=O)NCCOc2ccc(OC)cc2)CC1=O. The molecule has 154 valence electrons. The van der Waals surface area contributed by atoms with Crippen LogP contribution in [0.4, 0.5) is 5.69 Å². The van der Waals surface area contributed by atoms with Crippen LogP contribution in [-0.4, -0.2) is 38.6 Å². The summed E-state index contributed by atoms with van der Waals surface area (Å²) in [6.07, 6.45) is 1.09. The number of hydrogen-bond acceptors (Lipinski definition) is 4. The smallest absolute Gasteiger partial charge is 0.227 e.